The molecule has 0 spiro atoms. The summed E-state index contributed by atoms with van der Waals surface area (Å²) in [6, 6.07) is 1.38. The molecule has 1 atom stereocenters. The van der Waals surface area contributed by atoms with Crippen LogP contribution in [0.25, 0.3) is 0 Å². The number of ether oxygens (including phenoxy) is 1. The van der Waals surface area contributed by atoms with Gasteiger partial charge in [0.1, 0.15) is 5.60 Å². The highest BCUT2D eigenvalue weighted by molar-refractivity contribution is 7.99. The molecule has 1 saturated heterocycles. The quantitative estimate of drug-likeness (QED) is 0.840. The van der Waals surface area contributed by atoms with Crippen LogP contribution in [0.2, 0.25) is 0 Å². The second kappa shape index (κ2) is 6.37. The summed E-state index contributed by atoms with van der Waals surface area (Å²) < 4.78 is 5.29. The van der Waals surface area contributed by atoms with Crippen LogP contribution in [-0.4, -0.2) is 41.3 Å². The summed E-state index contributed by atoms with van der Waals surface area (Å²) in [6.07, 6.45) is 3.01. The topological polar surface area (TPSA) is 50.4 Å². The van der Waals surface area contributed by atoms with Crippen LogP contribution in [0.15, 0.2) is 0 Å². The fourth-order valence-corrected chi connectivity index (χ4v) is 4.46. The Bertz CT molecular complexity index is 373. The number of hydrogen-bond acceptors (Lipinski definition) is 4. The van der Waals surface area contributed by atoms with Crippen LogP contribution >= 0.6 is 11.8 Å². The van der Waals surface area contributed by atoms with E-state index in [1.807, 2.05) is 32.5 Å². The van der Waals surface area contributed by atoms with Gasteiger partial charge in [-0.15, -0.1) is 0 Å². The van der Waals surface area contributed by atoms with Gasteiger partial charge in [0.2, 0.25) is 0 Å². The summed E-state index contributed by atoms with van der Waals surface area (Å²) in [6.45, 7) is 10.4. The van der Waals surface area contributed by atoms with Gasteiger partial charge in [-0.1, -0.05) is 13.8 Å². The summed E-state index contributed by atoms with van der Waals surface area (Å²) >= 11 is 2.05. The molecule has 2 aliphatic rings. The monoisotopic (exact) mass is 314 g/mol. The largest absolute Gasteiger partial charge is 0.444 e. The van der Waals surface area contributed by atoms with Crippen molar-refractivity contribution < 1.29 is 9.53 Å². The molecule has 4 nitrogen and oxygen atoms in total. The molecule has 0 radical (unpaired) electrons. The Morgan fingerprint density at radius 1 is 1.24 bits per heavy atom. The molecule has 5 heteroatoms. The zero-order chi connectivity index (χ0) is 15.7. The second-order valence-corrected chi connectivity index (χ2v) is 9.19. The van der Waals surface area contributed by atoms with Gasteiger partial charge in [0.15, 0.2) is 0 Å². The lowest BCUT2D eigenvalue weighted by molar-refractivity contribution is 0.0457. The van der Waals surface area contributed by atoms with E-state index in [1.54, 1.807) is 0 Å². The zero-order valence-corrected chi connectivity index (χ0v) is 14.8. The number of thioether (sulfide) groups is 1. The van der Waals surface area contributed by atoms with Gasteiger partial charge >= 0.3 is 6.09 Å². The maximum absolute atomic E-state index is 11.7. The van der Waals surface area contributed by atoms with E-state index in [0.29, 0.717) is 17.5 Å². The minimum atomic E-state index is -0.422. The van der Waals surface area contributed by atoms with Crippen LogP contribution in [0, 0.1) is 5.41 Å². The summed E-state index contributed by atoms with van der Waals surface area (Å²) in [7, 11) is 0. The Morgan fingerprint density at radius 3 is 2.48 bits per heavy atom. The lowest BCUT2D eigenvalue weighted by Gasteiger charge is -2.45. The average molecular weight is 314 g/mol. The molecule has 0 aromatic heterocycles. The molecule has 122 valence electrons. The first-order valence-electron chi connectivity index (χ1n) is 7.99. The number of amides is 1. The molecule has 0 aromatic rings. The summed E-state index contributed by atoms with van der Waals surface area (Å²) in [5.41, 5.74) is -0.0379. The molecule has 0 aromatic carbocycles. The van der Waals surface area contributed by atoms with Gasteiger partial charge in [-0.05, 0) is 51.2 Å². The Hall–Kier alpha value is -0.420. The second-order valence-electron chi connectivity index (χ2n) is 8.04. The molecule has 0 bridgehead atoms. The van der Waals surface area contributed by atoms with E-state index in [0.717, 1.165) is 12.8 Å². The maximum atomic E-state index is 11.7. The predicted octanol–water partition coefficient (Wildman–Crippen LogP) is 3.16. The molecule has 2 rings (SSSR count). The van der Waals surface area contributed by atoms with Crippen molar-refractivity contribution in [2.75, 3.05) is 11.5 Å². The Balaban J connectivity index is 1.68. The van der Waals surface area contributed by atoms with Crippen molar-refractivity contribution in [2.24, 2.45) is 5.41 Å². The van der Waals surface area contributed by atoms with Crippen LogP contribution in [0.3, 0.4) is 0 Å². The van der Waals surface area contributed by atoms with Gasteiger partial charge in [0.25, 0.3) is 0 Å². The number of hydrogen-bond donors (Lipinski definition) is 2. The first-order valence-corrected chi connectivity index (χ1v) is 9.14. The third kappa shape index (κ3) is 5.06. The van der Waals surface area contributed by atoms with Crippen molar-refractivity contribution in [1.82, 2.24) is 10.6 Å². The first kappa shape index (κ1) is 16.9. The van der Waals surface area contributed by atoms with E-state index in [9.17, 15) is 4.79 Å². The van der Waals surface area contributed by atoms with Crippen molar-refractivity contribution in [3.05, 3.63) is 0 Å². The lowest BCUT2D eigenvalue weighted by atomic mass is 9.79. The summed E-state index contributed by atoms with van der Waals surface area (Å²) in [4.78, 5) is 11.7. The predicted molar refractivity (Wildman–Crippen MR) is 88.8 cm³/mol. The molecule has 1 aliphatic heterocycles. The van der Waals surface area contributed by atoms with E-state index in [4.69, 9.17) is 4.74 Å². The van der Waals surface area contributed by atoms with Crippen molar-refractivity contribution in [1.29, 1.82) is 0 Å². The number of carbonyl (C=O) groups is 1. The van der Waals surface area contributed by atoms with E-state index >= 15 is 0 Å². The number of carbonyl (C=O) groups excluding carboxylic acids is 1. The SMILES string of the molecule is CC(C)(C)OC(=O)NC1CC(NC2CSCCC2(C)C)C1. The Kier molecular flexibility index (Phi) is 5.14. The van der Waals surface area contributed by atoms with Gasteiger partial charge in [0.05, 0.1) is 0 Å². The van der Waals surface area contributed by atoms with Crippen LogP contribution in [0.5, 0.6) is 0 Å². The van der Waals surface area contributed by atoms with Crippen molar-refractivity contribution in [3.63, 3.8) is 0 Å². The Labute approximate surface area is 133 Å². The van der Waals surface area contributed by atoms with Crippen LogP contribution < -0.4 is 10.6 Å². The smallest absolute Gasteiger partial charge is 0.407 e. The Morgan fingerprint density at radius 2 is 1.90 bits per heavy atom. The number of alkyl carbamates (subject to hydrolysis) is 1. The van der Waals surface area contributed by atoms with E-state index < -0.39 is 5.60 Å². The van der Waals surface area contributed by atoms with Gasteiger partial charge in [-0.2, -0.15) is 11.8 Å². The highest BCUT2D eigenvalue weighted by Gasteiger charge is 2.38. The third-order valence-electron chi connectivity index (χ3n) is 4.41. The highest BCUT2D eigenvalue weighted by Crippen LogP contribution is 2.35. The summed E-state index contributed by atoms with van der Waals surface area (Å²) in [5, 5.41) is 6.74. The third-order valence-corrected chi connectivity index (χ3v) is 5.48. The molecule has 1 amide bonds. The van der Waals surface area contributed by atoms with Gasteiger partial charge < -0.3 is 15.4 Å². The number of nitrogens with one attached hydrogen (secondary N) is 2. The van der Waals surface area contributed by atoms with Crippen LogP contribution in [0.4, 0.5) is 4.79 Å². The highest BCUT2D eigenvalue weighted by atomic mass is 32.2. The first-order chi connectivity index (χ1) is 9.66. The van der Waals surface area contributed by atoms with Crippen LogP contribution in [-0.2, 0) is 4.74 Å². The molecule has 2 N–H and O–H groups in total. The molecule has 1 aliphatic carbocycles. The van der Waals surface area contributed by atoms with E-state index in [-0.39, 0.29) is 12.1 Å². The molecule has 2 fully saturated rings. The molecule has 21 heavy (non-hydrogen) atoms. The zero-order valence-electron chi connectivity index (χ0n) is 14.0. The standard InChI is InChI=1S/C16H30N2O2S/c1-15(2,3)20-14(19)18-12-8-11(9-12)17-13-10-21-7-6-16(13,4)5/h11-13,17H,6-10H2,1-5H3,(H,18,19). The molecule has 1 unspecified atom stereocenters. The molecule has 1 saturated carbocycles. The minimum Gasteiger partial charge on any atom is -0.444 e. The van der Waals surface area contributed by atoms with Crippen LogP contribution in [0.1, 0.15) is 53.9 Å². The van der Waals surface area contributed by atoms with Gasteiger partial charge in [0, 0.05) is 23.9 Å². The molecular formula is C16H30N2O2S. The molecule has 1 heterocycles. The molecular weight excluding hydrogens is 284 g/mol. The normalized spacial score (nSPS) is 32.1. The summed E-state index contributed by atoms with van der Waals surface area (Å²) in [5.74, 6) is 2.48. The lowest BCUT2D eigenvalue weighted by Crippen LogP contribution is -2.58. The van der Waals surface area contributed by atoms with E-state index in [1.165, 1.54) is 17.9 Å². The number of rotatable bonds is 3. The van der Waals surface area contributed by atoms with Gasteiger partial charge in [-0.25, -0.2) is 4.79 Å². The average Bonchev–Trinajstić information content (AvgIpc) is 2.25. The van der Waals surface area contributed by atoms with Crippen molar-refractivity contribution >= 4 is 17.9 Å². The fourth-order valence-electron chi connectivity index (χ4n) is 2.84. The maximum Gasteiger partial charge on any atom is 0.407 e. The van der Waals surface area contributed by atoms with Gasteiger partial charge in [-0.3, -0.25) is 0 Å². The van der Waals surface area contributed by atoms with Crippen molar-refractivity contribution in [2.45, 2.75) is 77.6 Å². The minimum absolute atomic E-state index is 0.261. The van der Waals surface area contributed by atoms with E-state index in [2.05, 4.69) is 24.5 Å². The fraction of sp³-hybridized carbons (Fsp3) is 0.938. The van der Waals surface area contributed by atoms with Crippen molar-refractivity contribution in [3.8, 4) is 0 Å².